The number of benzene rings is 2. The summed E-state index contributed by atoms with van der Waals surface area (Å²) in [6.07, 6.45) is -5.63. The summed E-state index contributed by atoms with van der Waals surface area (Å²) in [7, 11) is 0. The first-order chi connectivity index (χ1) is 17.7. The molecule has 2 aromatic rings. The lowest BCUT2D eigenvalue weighted by Crippen LogP contribution is -2.32. The summed E-state index contributed by atoms with van der Waals surface area (Å²) in [5.41, 5.74) is -0.663. The number of alkyl halides is 6. The Kier molecular flexibility index (Phi) is 9.26. The number of carbonyl (C=O) groups is 1. The van der Waals surface area contributed by atoms with Crippen LogP contribution in [0, 0.1) is 0 Å². The molecule has 0 saturated heterocycles. The van der Waals surface area contributed by atoms with Crippen LogP contribution in [0.25, 0.3) is 0 Å². The summed E-state index contributed by atoms with van der Waals surface area (Å²) in [6, 6.07) is 4.07. The molecule has 0 aromatic heterocycles. The Morgan fingerprint density at radius 1 is 0.921 bits per heavy atom. The highest BCUT2D eigenvalue weighted by Crippen LogP contribution is 2.39. The number of nitrogens with zero attached hydrogens (tertiary/aromatic N) is 1. The van der Waals surface area contributed by atoms with Gasteiger partial charge in [-0.25, -0.2) is 4.79 Å². The summed E-state index contributed by atoms with van der Waals surface area (Å²) in [5.74, 6) is 0.510. The topological polar surface area (TPSA) is 49.8 Å². The van der Waals surface area contributed by atoms with E-state index < -0.39 is 47.7 Å². The maximum atomic E-state index is 13.4. The Balaban J connectivity index is 2.03. The molecule has 1 aliphatic rings. The van der Waals surface area contributed by atoms with Gasteiger partial charge in [0.2, 0.25) is 0 Å². The van der Waals surface area contributed by atoms with E-state index in [4.69, 9.17) is 4.74 Å². The molecule has 0 bridgehead atoms. The maximum absolute atomic E-state index is 13.4. The van der Waals surface area contributed by atoms with Gasteiger partial charge in [-0.15, -0.1) is 0 Å². The van der Waals surface area contributed by atoms with Gasteiger partial charge in [0.05, 0.1) is 23.3 Å². The number of halogens is 6. The van der Waals surface area contributed by atoms with Crippen LogP contribution in [0.1, 0.15) is 92.3 Å². The van der Waals surface area contributed by atoms with E-state index in [0.717, 1.165) is 61.0 Å². The van der Waals surface area contributed by atoms with E-state index in [9.17, 15) is 36.2 Å². The average Bonchev–Trinajstić information content (AvgIpc) is 3.28. The maximum Gasteiger partial charge on any atom is 0.416 e. The molecule has 0 fully saturated rings. The number of carboxylic acid groups (broad SMARTS) is 1. The van der Waals surface area contributed by atoms with Crippen molar-refractivity contribution in [3.8, 4) is 5.75 Å². The molecule has 1 atom stereocenters. The van der Waals surface area contributed by atoms with Gasteiger partial charge in [-0.05, 0) is 86.1 Å². The SMILES string of the molecule is CCCC(CCC)Oc1cc2c(cc1C(C)N(Cc1cc(C(F)(F)F)cc(C(F)(F)F)c1)C(=O)O)CCC2. The highest BCUT2D eigenvalue weighted by molar-refractivity contribution is 5.66. The van der Waals surface area contributed by atoms with Gasteiger partial charge in [0.15, 0.2) is 0 Å². The van der Waals surface area contributed by atoms with E-state index >= 15 is 0 Å². The van der Waals surface area contributed by atoms with Crippen molar-refractivity contribution >= 4 is 6.09 Å². The molecular formula is C28H33F6NO3. The largest absolute Gasteiger partial charge is 0.490 e. The van der Waals surface area contributed by atoms with E-state index in [1.54, 1.807) is 6.92 Å². The molecule has 0 saturated carbocycles. The van der Waals surface area contributed by atoms with Crippen molar-refractivity contribution in [3.05, 3.63) is 63.7 Å². The van der Waals surface area contributed by atoms with Crippen molar-refractivity contribution in [2.24, 2.45) is 0 Å². The molecule has 0 aliphatic heterocycles. The van der Waals surface area contributed by atoms with Gasteiger partial charge in [-0.2, -0.15) is 26.3 Å². The standard InChI is InChI=1S/C28H33F6NO3/c1-4-7-23(8-5-2)38-25-14-20-10-6-9-19(20)13-24(25)17(3)35(26(36)37)16-18-11-21(27(29,30)31)15-22(12-18)28(32,33)34/h11-15,17,23H,4-10,16H2,1-3H3,(H,36,37). The molecule has 0 spiro atoms. The molecule has 210 valence electrons. The molecule has 10 heteroatoms. The molecule has 38 heavy (non-hydrogen) atoms. The number of ether oxygens (including phenoxy) is 1. The van der Waals surface area contributed by atoms with Crippen LogP contribution < -0.4 is 4.74 Å². The summed E-state index contributed by atoms with van der Waals surface area (Å²) < 4.78 is 86.6. The molecule has 1 amide bonds. The first kappa shape index (κ1) is 29.6. The molecule has 4 nitrogen and oxygen atoms in total. The molecule has 0 radical (unpaired) electrons. The van der Waals surface area contributed by atoms with Crippen LogP contribution >= 0.6 is 0 Å². The molecule has 1 N–H and O–H groups in total. The zero-order chi connectivity index (χ0) is 28.3. The molecule has 0 heterocycles. The van der Waals surface area contributed by atoms with Crippen LogP contribution in [-0.4, -0.2) is 22.2 Å². The second kappa shape index (κ2) is 11.9. The van der Waals surface area contributed by atoms with Crippen molar-refractivity contribution < 1.29 is 41.0 Å². The Hall–Kier alpha value is -2.91. The lowest BCUT2D eigenvalue weighted by atomic mass is 9.98. The smallest absolute Gasteiger partial charge is 0.416 e. The fourth-order valence-electron chi connectivity index (χ4n) is 4.98. The first-order valence-electron chi connectivity index (χ1n) is 12.8. The fourth-order valence-corrected chi connectivity index (χ4v) is 4.98. The Labute approximate surface area is 218 Å². The molecular weight excluding hydrogens is 512 g/mol. The van der Waals surface area contributed by atoms with Gasteiger partial charge in [0, 0.05) is 12.1 Å². The van der Waals surface area contributed by atoms with Crippen LogP contribution in [0.5, 0.6) is 5.75 Å². The zero-order valence-corrected chi connectivity index (χ0v) is 21.7. The predicted octanol–water partition coefficient (Wildman–Crippen LogP) is 8.80. The number of rotatable bonds is 10. The van der Waals surface area contributed by atoms with Gasteiger partial charge in [0.1, 0.15) is 5.75 Å². The quantitative estimate of drug-likeness (QED) is 0.304. The van der Waals surface area contributed by atoms with Crippen molar-refractivity contribution in [1.29, 1.82) is 0 Å². The van der Waals surface area contributed by atoms with Gasteiger partial charge in [0.25, 0.3) is 0 Å². The minimum atomic E-state index is -5.02. The Morgan fingerprint density at radius 3 is 1.92 bits per heavy atom. The Morgan fingerprint density at radius 2 is 1.45 bits per heavy atom. The van der Waals surface area contributed by atoms with E-state index in [2.05, 4.69) is 0 Å². The monoisotopic (exact) mass is 545 g/mol. The van der Waals surface area contributed by atoms with Gasteiger partial charge >= 0.3 is 18.4 Å². The van der Waals surface area contributed by atoms with Gasteiger partial charge < -0.3 is 9.84 Å². The summed E-state index contributed by atoms with van der Waals surface area (Å²) in [4.78, 5) is 13.2. The highest BCUT2D eigenvalue weighted by atomic mass is 19.4. The van der Waals surface area contributed by atoms with E-state index in [0.29, 0.717) is 23.4 Å². The number of fused-ring (bicyclic) bond motifs is 1. The zero-order valence-electron chi connectivity index (χ0n) is 21.7. The van der Waals surface area contributed by atoms with Crippen molar-refractivity contribution in [1.82, 2.24) is 4.90 Å². The van der Waals surface area contributed by atoms with Crippen LogP contribution in [0.15, 0.2) is 30.3 Å². The summed E-state index contributed by atoms with van der Waals surface area (Å²) in [5, 5.41) is 10.00. The fraction of sp³-hybridized carbons (Fsp3) is 0.536. The second-order valence-corrected chi connectivity index (χ2v) is 9.83. The minimum Gasteiger partial charge on any atom is -0.490 e. The summed E-state index contributed by atoms with van der Waals surface area (Å²) >= 11 is 0. The first-order valence-corrected chi connectivity index (χ1v) is 12.8. The number of hydrogen-bond donors (Lipinski definition) is 1. The molecule has 3 rings (SSSR count). The second-order valence-electron chi connectivity index (χ2n) is 9.83. The lowest BCUT2D eigenvalue weighted by Gasteiger charge is -2.30. The van der Waals surface area contributed by atoms with Crippen LogP contribution in [0.4, 0.5) is 31.1 Å². The number of amides is 1. The normalized spacial score (nSPS) is 14.5. The number of aryl methyl sites for hydroxylation is 2. The predicted molar refractivity (Wildman–Crippen MR) is 131 cm³/mol. The molecule has 1 unspecified atom stereocenters. The van der Waals surface area contributed by atoms with Gasteiger partial charge in [-0.1, -0.05) is 26.7 Å². The van der Waals surface area contributed by atoms with Crippen LogP contribution in [0.2, 0.25) is 0 Å². The van der Waals surface area contributed by atoms with Crippen LogP contribution in [0.3, 0.4) is 0 Å². The molecule has 2 aromatic carbocycles. The highest BCUT2D eigenvalue weighted by Gasteiger charge is 2.37. The van der Waals surface area contributed by atoms with E-state index in [-0.39, 0.29) is 12.2 Å². The van der Waals surface area contributed by atoms with Crippen molar-refractivity contribution in [2.45, 2.75) is 96.8 Å². The third-order valence-electron chi connectivity index (χ3n) is 6.90. The number of hydrogen-bond acceptors (Lipinski definition) is 2. The van der Waals surface area contributed by atoms with Crippen molar-refractivity contribution in [3.63, 3.8) is 0 Å². The van der Waals surface area contributed by atoms with Gasteiger partial charge in [-0.3, -0.25) is 4.90 Å². The minimum absolute atomic E-state index is 0.0338. The molecule has 1 aliphatic carbocycles. The van der Waals surface area contributed by atoms with E-state index in [1.165, 1.54) is 0 Å². The average molecular weight is 546 g/mol. The third-order valence-corrected chi connectivity index (χ3v) is 6.90. The van der Waals surface area contributed by atoms with Crippen LogP contribution in [-0.2, 0) is 31.7 Å². The lowest BCUT2D eigenvalue weighted by molar-refractivity contribution is -0.143. The third kappa shape index (κ3) is 7.14. The van der Waals surface area contributed by atoms with Crippen molar-refractivity contribution in [2.75, 3.05) is 0 Å². The van der Waals surface area contributed by atoms with E-state index in [1.807, 2.05) is 26.0 Å². The summed E-state index contributed by atoms with van der Waals surface area (Å²) in [6.45, 7) is 4.99. The Bertz CT molecular complexity index is 1090.